The van der Waals surface area contributed by atoms with E-state index < -0.39 is 6.04 Å². The van der Waals surface area contributed by atoms with Crippen molar-refractivity contribution in [3.05, 3.63) is 5.69 Å². The molecule has 1 atom stereocenters. The van der Waals surface area contributed by atoms with Crippen LogP contribution >= 0.6 is 0 Å². The van der Waals surface area contributed by atoms with Crippen molar-refractivity contribution in [3.63, 3.8) is 0 Å². The summed E-state index contributed by atoms with van der Waals surface area (Å²) in [5.74, 6) is 0.0801. The lowest BCUT2D eigenvalue weighted by molar-refractivity contribution is -0.133. The predicted molar refractivity (Wildman–Crippen MR) is 66.8 cm³/mol. The molecule has 1 aromatic heterocycles. The van der Waals surface area contributed by atoms with Crippen LogP contribution in [-0.4, -0.2) is 27.6 Å². The molecule has 2 heterocycles. The number of nitrogens with two attached hydrogens (primary N) is 1. The Labute approximate surface area is 105 Å². The molecule has 0 aliphatic carbocycles. The molecule has 4 N–H and O–H groups in total. The van der Waals surface area contributed by atoms with Crippen molar-refractivity contribution in [2.45, 2.75) is 32.2 Å². The lowest BCUT2D eigenvalue weighted by Gasteiger charge is -2.22. The van der Waals surface area contributed by atoms with Gasteiger partial charge in [-0.15, -0.1) is 0 Å². The summed E-state index contributed by atoms with van der Waals surface area (Å²) in [7, 11) is 1.77. The van der Waals surface area contributed by atoms with Gasteiger partial charge in [-0.1, -0.05) is 6.92 Å². The monoisotopic (exact) mass is 251 g/mol. The molecule has 1 aliphatic heterocycles. The van der Waals surface area contributed by atoms with Crippen LogP contribution in [0.5, 0.6) is 0 Å². The molecule has 2 rings (SSSR count). The molecular formula is C11H17N5O2. The first-order valence-electron chi connectivity index (χ1n) is 5.94. The minimum Gasteiger partial charge on any atom is -0.394 e. The number of anilines is 2. The zero-order valence-corrected chi connectivity index (χ0v) is 10.5. The Morgan fingerprint density at radius 2 is 2.28 bits per heavy atom. The van der Waals surface area contributed by atoms with Crippen molar-refractivity contribution < 1.29 is 9.59 Å². The number of nitrogens with one attached hydrogen (secondary N) is 2. The number of aryl methyl sites for hydroxylation is 2. The predicted octanol–water partition coefficient (Wildman–Crippen LogP) is -0.218. The van der Waals surface area contributed by atoms with E-state index in [2.05, 4.69) is 15.7 Å². The Morgan fingerprint density at radius 3 is 2.83 bits per heavy atom. The van der Waals surface area contributed by atoms with Gasteiger partial charge >= 0.3 is 0 Å². The fraction of sp³-hybridized carbons (Fsp3) is 0.545. The smallest absolute Gasteiger partial charge is 0.249 e. The highest BCUT2D eigenvalue weighted by Crippen LogP contribution is 2.24. The van der Waals surface area contributed by atoms with Gasteiger partial charge in [0.2, 0.25) is 11.8 Å². The number of hydrogen-bond acceptors (Lipinski definition) is 5. The van der Waals surface area contributed by atoms with Gasteiger partial charge in [-0.2, -0.15) is 5.10 Å². The zero-order chi connectivity index (χ0) is 13.3. The fourth-order valence-corrected chi connectivity index (χ4v) is 2.02. The summed E-state index contributed by atoms with van der Waals surface area (Å²) < 4.78 is 1.62. The van der Waals surface area contributed by atoms with Gasteiger partial charge in [0, 0.05) is 13.5 Å². The molecule has 0 radical (unpaired) electrons. The van der Waals surface area contributed by atoms with E-state index in [4.69, 9.17) is 5.73 Å². The second-order valence-electron chi connectivity index (χ2n) is 4.33. The maximum absolute atomic E-state index is 11.6. The van der Waals surface area contributed by atoms with E-state index in [1.54, 1.807) is 11.7 Å². The van der Waals surface area contributed by atoms with Crippen LogP contribution in [0.4, 0.5) is 11.5 Å². The standard InChI is InChI=1S/C11H17N5O2/c1-3-6-9(12)10(16(2)15-6)13-7-4-5-8(17)14-11(7)18/h7,13H,3-5,12H2,1-2H3,(H,14,17,18). The van der Waals surface area contributed by atoms with E-state index in [1.807, 2.05) is 6.92 Å². The first-order chi connectivity index (χ1) is 8.52. The van der Waals surface area contributed by atoms with E-state index in [1.165, 1.54) is 0 Å². The molecule has 1 aromatic rings. The van der Waals surface area contributed by atoms with Crippen molar-refractivity contribution >= 4 is 23.3 Å². The summed E-state index contributed by atoms with van der Waals surface area (Å²) in [6, 6.07) is -0.440. The number of rotatable bonds is 3. The summed E-state index contributed by atoms with van der Waals surface area (Å²) in [5, 5.41) is 9.62. The van der Waals surface area contributed by atoms with E-state index in [9.17, 15) is 9.59 Å². The molecule has 7 nitrogen and oxygen atoms in total. The van der Waals surface area contributed by atoms with Crippen LogP contribution in [0.25, 0.3) is 0 Å². The van der Waals surface area contributed by atoms with E-state index >= 15 is 0 Å². The average molecular weight is 251 g/mol. The number of carbonyl (C=O) groups excluding carboxylic acids is 2. The summed E-state index contributed by atoms with van der Waals surface area (Å²) in [5.41, 5.74) is 7.32. The highest BCUT2D eigenvalue weighted by atomic mass is 16.2. The summed E-state index contributed by atoms with van der Waals surface area (Å²) in [4.78, 5) is 22.7. The Balaban J connectivity index is 2.17. The molecule has 1 unspecified atom stereocenters. The number of amides is 2. The number of aromatic nitrogens is 2. The van der Waals surface area contributed by atoms with Crippen molar-refractivity contribution in [1.29, 1.82) is 0 Å². The second kappa shape index (κ2) is 4.67. The molecule has 0 saturated carbocycles. The molecule has 1 saturated heterocycles. The first-order valence-corrected chi connectivity index (χ1v) is 5.94. The Morgan fingerprint density at radius 1 is 1.56 bits per heavy atom. The van der Waals surface area contributed by atoms with Crippen molar-refractivity contribution in [2.75, 3.05) is 11.1 Å². The number of imide groups is 1. The molecule has 1 aliphatic rings. The molecule has 98 valence electrons. The number of carbonyl (C=O) groups is 2. The van der Waals surface area contributed by atoms with Gasteiger partial charge in [-0.3, -0.25) is 19.6 Å². The highest BCUT2D eigenvalue weighted by Gasteiger charge is 2.28. The third-order valence-corrected chi connectivity index (χ3v) is 3.05. The number of nitrogen functional groups attached to an aromatic ring is 1. The molecule has 2 amide bonds. The fourth-order valence-electron chi connectivity index (χ4n) is 2.02. The molecular weight excluding hydrogens is 234 g/mol. The Hall–Kier alpha value is -2.05. The van der Waals surface area contributed by atoms with Crippen LogP contribution in [-0.2, 0) is 23.1 Å². The lowest BCUT2D eigenvalue weighted by atomic mass is 10.1. The van der Waals surface area contributed by atoms with Gasteiger partial charge in [0.1, 0.15) is 11.9 Å². The van der Waals surface area contributed by atoms with Crippen LogP contribution in [0.2, 0.25) is 0 Å². The largest absolute Gasteiger partial charge is 0.394 e. The normalized spacial score (nSPS) is 19.8. The zero-order valence-electron chi connectivity index (χ0n) is 10.5. The van der Waals surface area contributed by atoms with Crippen molar-refractivity contribution in [3.8, 4) is 0 Å². The van der Waals surface area contributed by atoms with Crippen molar-refractivity contribution in [2.24, 2.45) is 7.05 Å². The van der Waals surface area contributed by atoms with Crippen LogP contribution in [0.1, 0.15) is 25.5 Å². The van der Waals surface area contributed by atoms with Gasteiger partial charge in [-0.25, -0.2) is 0 Å². The molecule has 0 spiro atoms. The summed E-state index contributed by atoms with van der Waals surface area (Å²) in [6.07, 6.45) is 1.54. The maximum Gasteiger partial charge on any atom is 0.249 e. The average Bonchev–Trinajstić information content (AvgIpc) is 2.59. The Bertz CT molecular complexity index is 494. The quantitative estimate of drug-likeness (QED) is 0.645. The molecule has 0 aromatic carbocycles. The highest BCUT2D eigenvalue weighted by molar-refractivity contribution is 6.01. The van der Waals surface area contributed by atoms with Gasteiger partial charge in [-0.05, 0) is 12.8 Å². The van der Waals surface area contributed by atoms with Gasteiger partial charge in [0.15, 0.2) is 0 Å². The molecule has 7 heteroatoms. The van der Waals surface area contributed by atoms with Crippen molar-refractivity contribution in [1.82, 2.24) is 15.1 Å². The van der Waals surface area contributed by atoms with Crippen LogP contribution in [0.3, 0.4) is 0 Å². The molecule has 18 heavy (non-hydrogen) atoms. The minimum absolute atomic E-state index is 0.231. The third kappa shape index (κ3) is 2.15. The van der Waals surface area contributed by atoms with Gasteiger partial charge in [0.05, 0.1) is 11.4 Å². The molecule has 1 fully saturated rings. The van der Waals surface area contributed by atoms with Crippen LogP contribution in [0, 0.1) is 0 Å². The lowest BCUT2D eigenvalue weighted by Crippen LogP contribution is -2.47. The second-order valence-corrected chi connectivity index (χ2v) is 4.33. The first kappa shape index (κ1) is 12.4. The van der Waals surface area contributed by atoms with E-state index in [0.717, 1.165) is 12.1 Å². The minimum atomic E-state index is -0.440. The van der Waals surface area contributed by atoms with E-state index in [0.29, 0.717) is 24.3 Å². The van der Waals surface area contributed by atoms with E-state index in [-0.39, 0.29) is 11.8 Å². The number of piperidine rings is 1. The summed E-state index contributed by atoms with van der Waals surface area (Å²) in [6.45, 7) is 1.97. The SMILES string of the molecule is CCc1nn(C)c(NC2CCC(=O)NC2=O)c1N. The summed E-state index contributed by atoms with van der Waals surface area (Å²) >= 11 is 0. The number of hydrogen-bond donors (Lipinski definition) is 3. The van der Waals surface area contributed by atoms with Crippen LogP contribution in [0.15, 0.2) is 0 Å². The van der Waals surface area contributed by atoms with Crippen LogP contribution < -0.4 is 16.4 Å². The van der Waals surface area contributed by atoms with Gasteiger partial charge < -0.3 is 11.1 Å². The molecule has 0 bridgehead atoms. The van der Waals surface area contributed by atoms with Gasteiger partial charge in [0.25, 0.3) is 0 Å². The number of nitrogens with zero attached hydrogens (tertiary/aromatic N) is 2. The topological polar surface area (TPSA) is 102 Å². The third-order valence-electron chi connectivity index (χ3n) is 3.05. The maximum atomic E-state index is 11.6. The Kier molecular flexibility index (Phi) is 3.22.